The average Bonchev–Trinajstić information content (AvgIpc) is 2.77. The van der Waals surface area contributed by atoms with E-state index in [2.05, 4.69) is 14.9 Å². The van der Waals surface area contributed by atoms with Crippen LogP contribution in [0.15, 0.2) is 12.5 Å². The van der Waals surface area contributed by atoms with Gasteiger partial charge >= 0.3 is 0 Å². The van der Waals surface area contributed by atoms with Crippen molar-refractivity contribution in [3.05, 3.63) is 17.5 Å². The second-order valence-electron chi connectivity index (χ2n) is 7.87. The number of aliphatic hydroxyl groups excluding tert-OH is 1. The van der Waals surface area contributed by atoms with Crippen LogP contribution in [-0.2, 0) is 17.3 Å². The Bertz CT molecular complexity index is 977. The van der Waals surface area contributed by atoms with Crippen molar-refractivity contribution in [2.75, 3.05) is 24.5 Å². The number of hydrogen-bond donors (Lipinski definition) is 2. The highest BCUT2D eigenvalue weighted by Gasteiger charge is 2.55. The molecule has 1 saturated carbocycles. The first-order valence-corrected chi connectivity index (χ1v) is 10.7. The standard InChI is InChI=1S/C16H23ClN6O3S/c1-10(24)5-23(27(18,25)26)11-3-16(4-11)7-22(8-16)15-13-12(17)6-21(2)14(13)19-9-20-15/h6,9-11,24H,3-5,7-8H2,1-2H3,(H2,18,25,26). The Balaban J connectivity index is 1.47. The average molecular weight is 415 g/mol. The lowest BCUT2D eigenvalue weighted by molar-refractivity contribution is 0.00232. The summed E-state index contributed by atoms with van der Waals surface area (Å²) in [6.45, 7) is 3.15. The molecule has 1 saturated heterocycles. The van der Waals surface area contributed by atoms with E-state index in [1.165, 1.54) is 10.6 Å². The molecule has 1 atom stereocenters. The van der Waals surface area contributed by atoms with E-state index in [9.17, 15) is 13.5 Å². The molecule has 4 rings (SSSR count). The van der Waals surface area contributed by atoms with Gasteiger partial charge in [-0.1, -0.05) is 11.6 Å². The van der Waals surface area contributed by atoms with Gasteiger partial charge in [0.15, 0.2) is 0 Å². The molecule has 0 aromatic carbocycles. The lowest BCUT2D eigenvalue weighted by Gasteiger charge is -2.60. The summed E-state index contributed by atoms with van der Waals surface area (Å²) in [5, 5.41) is 16.4. The van der Waals surface area contributed by atoms with E-state index in [0.717, 1.165) is 42.8 Å². The van der Waals surface area contributed by atoms with Gasteiger partial charge in [0.25, 0.3) is 10.2 Å². The van der Waals surface area contributed by atoms with Crippen LogP contribution >= 0.6 is 11.6 Å². The minimum atomic E-state index is -3.83. The third kappa shape index (κ3) is 3.19. The van der Waals surface area contributed by atoms with Crippen molar-refractivity contribution in [1.82, 2.24) is 18.8 Å². The van der Waals surface area contributed by atoms with Crippen LogP contribution in [0, 0.1) is 5.41 Å². The van der Waals surface area contributed by atoms with Crippen LogP contribution in [0.2, 0.25) is 5.02 Å². The Labute approximate surface area is 162 Å². The molecule has 148 valence electrons. The van der Waals surface area contributed by atoms with E-state index in [0.29, 0.717) is 5.02 Å². The zero-order valence-electron chi connectivity index (χ0n) is 15.2. The third-order valence-corrected chi connectivity index (χ3v) is 6.94. The van der Waals surface area contributed by atoms with E-state index in [4.69, 9.17) is 16.7 Å². The minimum Gasteiger partial charge on any atom is -0.392 e. The summed E-state index contributed by atoms with van der Waals surface area (Å²) in [6, 6.07) is -0.164. The first-order chi connectivity index (χ1) is 12.6. The van der Waals surface area contributed by atoms with Gasteiger partial charge in [-0.15, -0.1) is 0 Å². The molecule has 2 aromatic heterocycles. The molecule has 3 heterocycles. The monoisotopic (exact) mass is 414 g/mol. The summed E-state index contributed by atoms with van der Waals surface area (Å²) < 4.78 is 26.8. The molecule has 1 aliphatic carbocycles. The molecule has 3 N–H and O–H groups in total. The van der Waals surface area contributed by atoms with Gasteiger partial charge in [0.2, 0.25) is 0 Å². The van der Waals surface area contributed by atoms with Gasteiger partial charge in [0, 0.05) is 44.3 Å². The van der Waals surface area contributed by atoms with E-state index in [1.54, 1.807) is 6.92 Å². The van der Waals surface area contributed by atoms with Gasteiger partial charge < -0.3 is 14.6 Å². The van der Waals surface area contributed by atoms with Crippen LogP contribution in [0.1, 0.15) is 19.8 Å². The second kappa shape index (κ2) is 6.28. The maximum atomic E-state index is 11.8. The quantitative estimate of drug-likeness (QED) is 0.734. The van der Waals surface area contributed by atoms with Gasteiger partial charge in [0.05, 0.1) is 16.5 Å². The Kier molecular flexibility index (Phi) is 4.39. The van der Waals surface area contributed by atoms with Crippen LogP contribution in [0.5, 0.6) is 0 Å². The number of fused-ring (bicyclic) bond motifs is 1. The Morgan fingerprint density at radius 1 is 1.44 bits per heavy atom. The van der Waals surface area contributed by atoms with Crippen LogP contribution < -0.4 is 10.0 Å². The van der Waals surface area contributed by atoms with E-state index < -0.39 is 16.3 Å². The number of aliphatic hydroxyl groups is 1. The highest BCUT2D eigenvalue weighted by atomic mass is 35.5. The van der Waals surface area contributed by atoms with Crippen molar-refractivity contribution in [2.45, 2.75) is 31.9 Å². The van der Waals surface area contributed by atoms with Crippen molar-refractivity contribution < 1.29 is 13.5 Å². The summed E-state index contributed by atoms with van der Waals surface area (Å²) in [7, 11) is -1.94. The summed E-state index contributed by atoms with van der Waals surface area (Å²) in [4.78, 5) is 10.9. The molecule has 2 aromatic rings. The Morgan fingerprint density at radius 3 is 2.70 bits per heavy atom. The van der Waals surface area contributed by atoms with Gasteiger partial charge in [-0.3, -0.25) is 0 Å². The van der Waals surface area contributed by atoms with Gasteiger partial charge in [-0.05, 0) is 19.8 Å². The zero-order valence-corrected chi connectivity index (χ0v) is 16.8. The number of nitrogens with two attached hydrogens (primary N) is 1. The van der Waals surface area contributed by atoms with Gasteiger partial charge in [0.1, 0.15) is 17.8 Å². The fourth-order valence-electron chi connectivity index (χ4n) is 4.42. The largest absolute Gasteiger partial charge is 0.392 e. The van der Waals surface area contributed by atoms with Crippen molar-refractivity contribution in [1.29, 1.82) is 0 Å². The summed E-state index contributed by atoms with van der Waals surface area (Å²) in [5.41, 5.74) is 0.847. The molecule has 0 amide bonds. The van der Waals surface area contributed by atoms with Gasteiger partial charge in [-0.2, -0.15) is 12.7 Å². The lowest BCUT2D eigenvalue weighted by atomic mass is 9.60. The van der Waals surface area contributed by atoms with Crippen molar-refractivity contribution >= 4 is 38.7 Å². The minimum absolute atomic E-state index is 0.0233. The molecule has 9 nitrogen and oxygen atoms in total. The summed E-state index contributed by atoms with van der Waals surface area (Å²) >= 11 is 6.35. The molecule has 1 unspecified atom stereocenters. The second-order valence-corrected chi connectivity index (χ2v) is 9.77. The zero-order chi connectivity index (χ0) is 19.6. The molecule has 0 bridgehead atoms. The van der Waals surface area contributed by atoms with Gasteiger partial charge in [-0.25, -0.2) is 15.1 Å². The van der Waals surface area contributed by atoms with Crippen LogP contribution in [-0.4, -0.2) is 64.1 Å². The van der Waals surface area contributed by atoms with Crippen LogP contribution in [0.4, 0.5) is 5.82 Å². The highest BCUT2D eigenvalue weighted by Crippen LogP contribution is 2.52. The Hall–Kier alpha value is -1.46. The third-order valence-electron chi connectivity index (χ3n) is 5.55. The van der Waals surface area contributed by atoms with Crippen LogP contribution in [0.25, 0.3) is 11.0 Å². The predicted molar refractivity (Wildman–Crippen MR) is 103 cm³/mol. The lowest BCUT2D eigenvalue weighted by Crippen LogP contribution is -2.68. The Morgan fingerprint density at radius 2 is 2.11 bits per heavy atom. The van der Waals surface area contributed by atoms with Crippen molar-refractivity contribution in [3.63, 3.8) is 0 Å². The molecule has 1 aliphatic heterocycles. The van der Waals surface area contributed by atoms with Crippen molar-refractivity contribution in [3.8, 4) is 0 Å². The summed E-state index contributed by atoms with van der Waals surface area (Å²) in [5.74, 6) is 0.812. The van der Waals surface area contributed by atoms with E-state index in [1.807, 2.05) is 17.8 Å². The first kappa shape index (κ1) is 18.9. The molecule has 0 radical (unpaired) electrons. The number of hydrogen-bond acceptors (Lipinski definition) is 6. The normalized spacial score (nSPS) is 20.9. The number of aromatic nitrogens is 3. The topological polar surface area (TPSA) is 118 Å². The van der Waals surface area contributed by atoms with E-state index in [-0.39, 0.29) is 18.0 Å². The molecule has 2 fully saturated rings. The smallest absolute Gasteiger partial charge is 0.277 e. The molecular weight excluding hydrogens is 392 g/mol. The van der Waals surface area contributed by atoms with E-state index >= 15 is 0 Å². The molecule has 27 heavy (non-hydrogen) atoms. The number of anilines is 1. The maximum Gasteiger partial charge on any atom is 0.277 e. The number of halogens is 1. The highest BCUT2D eigenvalue weighted by molar-refractivity contribution is 7.86. The molecule has 11 heteroatoms. The summed E-state index contributed by atoms with van der Waals surface area (Å²) in [6.07, 6.45) is 4.05. The number of aryl methyl sites for hydroxylation is 1. The molecular formula is C16H23ClN6O3S. The number of nitrogens with zero attached hydrogens (tertiary/aromatic N) is 5. The SMILES string of the molecule is CC(O)CN(C1CC2(C1)CN(c1ncnc3c1c(Cl)cn3C)C2)S(N)(=O)=O. The maximum absolute atomic E-state index is 11.8. The van der Waals surface area contributed by atoms with Crippen molar-refractivity contribution in [2.24, 2.45) is 17.6 Å². The molecule has 2 aliphatic rings. The fourth-order valence-corrected chi connectivity index (χ4v) is 5.72. The fraction of sp³-hybridized carbons (Fsp3) is 0.625. The van der Waals surface area contributed by atoms with Crippen LogP contribution in [0.3, 0.4) is 0 Å². The molecule has 1 spiro atoms. The number of rotatable bonds is 5. The first-order valence-electron chi connectivity index (χ1n) is 8.78. The predicted octanol–water partition coefficient (Wildman–Crippen LogP) is 0.477.